The zero-order valence-corrected chi connectivity index (χ0v) is 14.1. The van der Waals surface area contributed by atoms with Gasteiger partial charge < -0.3 is 31.1 Å². The molecule has 1 aliphatic heterocycles. The highest BCUT2D eigenvalue weighted by molar-refractivity contribution is 6.27. The number of aliphatic carboxylic acids is 4. The Hall–Kier alpha value is -3.14. The molecule has 0 bridgehead atoms. The van der Waals surface area contributed by atoms with Crippen LogP contribution < -0.4 is 10.6 Å². The zero-order valence-electron chi connectivity index (χ0n) is 14.1. The van der Waals surface area contributed by atoms with Crippen molar-refractivity contribution in [2.45, 2.75) is 25.8 Å². The monoisotopic (exact) mass is 370 g/mol. The molecule has 0 spiro atoms. The molecule has 1 saturated heterocycles. The number of nitrogens with one attached hydrogen (secondary N) is 2. The minimum atomic E-state index is -1.82. The quantitative estimate of drug-likeness (QED) is 0.410. The molecule has 1 aromatic carbocycles. The highest BCUT2D eigenvalue weighted by atomic mass is 16.4. The molecule has 1 unspecified atom stereocenters. The Balaban J connectivity index is 0.000000437. The predicted octanol–water partition coefficient (Wildman–Crippen LogP) is 0.470. The number of carbonyl (C=O) groups is 4. The van der Waals surface area contributed by atoms with Crippen LogP contribution in [0.25, 0.3) is 0 Å². The van der Waals surface area contributed by atoms with E-state index in [1.165, 1.54) is 30.6 Å². The Kier molecular flexibility index (Phi) is 10.8. The summed E-state index contributed by atoms with van der Waals surface area (Å²) in [4.78, 5) is 36.4. The third kappa shape index (κ3) is 11.4. The molecule has 26 heavy (non-hydrogen) atoms. The molecule has 0 radical (unpaired) electrons. The van der Waals surface area contributed by atoms with Crippen LogP contribution in [0.1, 0.15) is 18.4 Å². The van der Waals surface area contributed by atoms with Crippen molar-refractivity contribution in [3.8, 4) is 0 Å². The number of rotatable bonds is 3. The minimum Gasteiger partial charge on any atom is -0.473 e. The second kappa shape index (κ2) is 12.3. The van der Waals surface area contributed by atoms with Crippen molar-refractivity contribution in [1.82, 2.24) is 5.32 Å². The number of hydrogen-bond donors (Lipinski definition) is 6. The van der Waals surface area contributed by atoms with Gasteiger partial charge >= 0.3 is 23.9 Å². The maximum atomic E-state index is 9.10. The molecule has 10 heteroatoms. The van der Waals surface area contributed by atoms with Gasteiger partial charge in [0.05, 0.1) is 0 Å². The van der Waals surface area contributed by atoms with Crippen LogP contribution in [0, 0.1) is 6.92 Å². The molecule has 144 valence electrons. The highest BCUT2D eigenvalue weighted by Gasteiger charge is 2.12. The molecule has 0 aliphatic carbocycles. The summed E-state index contributed by atoms with van der Waals surface area (Å²) in [5.41, 5.74) is 2.55. The third-order valence-electron chi connectivity index (χ3n) is 3.10. The molecular formula is C16H22N2O8. The number of hydrogen-bond acceptors (Lipinski definition) is 6. The molecule has 1 aliphatic rings. The smallest absolute Gasteiger partial charge is 0.414 e. The van der Waals surface area contributed by atoms with Crippen LogP contribution in [0.4, 0.5) is 5.69 Å². The summed E-state index contributed by atoms with van der Waals surface area (Å²) in [6.07, 6.45) is 2.62. The first-order chi connectivity index (χ1) is 12.1. The Labute approximate surface area is 149 Å². The highest BCUT2D eigenvalue weighted by Crippen LogP contribution is 2.11. The van der Waals surface area contributed by atoms with Gasteiger partial charge in [-0.05, 0) is 44.0 Å². The van der Waals surface area contributed by atoms with E-state index in [1.54, 1.807) is 0 Å². The van der Waals surface area contributed by atoms with Crippen molar-refractivity contribution < 1.29 is 39.6 Å². The lowest BCUT2D eigenvalue weighted by atomic mass is 10.2. The van der Waals surface area contributed by atoms with Crippen LogP contribution in [0.3, 0.4) is 0 Å². The molecular weight excluding hydrogens is 348 g/mol. The van der Waals surface area contributed by atoms with Gasteiger partial charge in [0.1, 0.15) is 0 Å². The van der Waals surface area contributed by atoms with Gasteiger partial charge in [-0.2, -0.15) is 0 Å². The van der Waals surface area contributed by atoms with E-state index in [1.807, 2.05) is 0 Å². The number of benzene rings is 1. The van der Waals surface area contributed by atoms with E-state index in [-0.39, 0.29) is 0 Å². The summed E-state index contributed by atoms with van der Waals surface area (Å²) in [5, 5.41) is 36.5. The van der Waals surface area contributed by atoms with Crippen molar-refractivity contribution in [3.05, 3.63) is 29.8 Å². The number of anilines is 1. The fraction of sp³-hybridized carbons (Fsp3) is 0.375. The summed E-state index contributed by atoms with van der Waals surface area (Å²) in [5.74, 6) is -7.30. The second-order valence-corrected chi connectivity index (χ2v) is 5.26. The molecule has 1 fully saturated rings. The van der Waals surface area contributed by atoms with Crippen LogP contribution in [-0.4, -0.2) is 63.4 Å². The average molecular weight is 370 g/mol. The third-order valence-corrected chi connectivity index (χ3v) is 3.10. The van der Waals surface area contributed by atoms with Crippen LogP contribution in [0.2, 0.25) is 0 Å². The Morgan fingerprint density at radius 2 is 1.58 bits per heavy atom. The van der Waals surface area contributed by atoms with Crippen LogP contribution in [0.15, 0.2) is 24.3 Å². The first kappa shape index (κ1) is 22.9. The normalized spacial score (nSPS) is 14.7. The van der Waals surface area contributed by atoms with Gasteiger partial charge in [-0.1, -0.05) is 12.1 Å². The summed E-state index contributed by atoms with van der Waals surface area (Å²) in [6.45, 7) is 4.35. The first-order valence-corrected chi connectivity index (χ1v) is 7.59. The zero-order chi connectivity index (χ0) is 20.1. The molecule has 0 amide bonds. The van der Waals surface area contributed by atoms with Gasteiger partial charge in [-0.15, -0.1) is 0 Å². The summed E-state index contributed by atoms with van der Waals surface area (Å²) in [7, 11) is 0. The molecule has 2 rings (SSSR count). The van der Waals surface area contributed by atoms with Gasteiger partial charge in [0.25, 0.3) is 0 Å². The van der Waals surface area contributed by atoms with E-state index in [4.69, 9.17) is 39.6 Å². The lowest BCUT2D eigenvalue weighted by molar-refractivity contribution is -0.159. The summed E-state index contributed by atoms with van der Waals surface area (Å²) in [6, 6.07) is 9.20. The van der Waals surface area contributed by atoms with Crippen molar-refractivity contribution in [1.29, 1.82) is 0 Å². The summed E-state index contributed by atoms with van der Waals surface area (Å²) < 4.78 is 0. The Morgan fingerprint density at radius 3 is 1.96 bits per heavy atom. The van der Waals surface area contributed by atoms with Crippen LogP contribution in [0.5, 0.6) is 0 Å². The van der Waals surface area contributed by atoms with E-state index < -0.39 is 23.9 Å². The second-order valence-electron chi connectivity index (χ2n) is 5.26. The van der Waals surface area contributed by atoms with E-state index in [2.05, 4.69) is 41.8 Å². The maximum Gasteiger partial charge on any atom is 0.414 e. The number of aryl methyl sites for hydroxylation is 1. The minimum absolute atomic E-state index is 0.663. The van der Waals surface area contributed by atoms with E-state index in [9.17, 15) is 0 Å². The van der Waals surface area contributed by atoms with Gasteiger partial charge in [0.15, 0.2) is 0 Å². The molecule has 6 N–H and O–H groups in total. The van der Waals surface area contributed by atoms with Crippen molar-refractivity contribution in [2.24, 2.45) is 0 Å². The Bertz CT molecular complexity index is 578. The lowest BCUT2D eigenvalue weighted by Crippen LogP contribution is -2.29. The fourth-order valence-corrected chi connectivity index (χ4v) is 1.93. The van der Waals surface area contributed by atoms with Crippen molar-refractivity contribution >= 4 is 29.6 Å². The van der Waals surface area contributed by atoms with Gasteiger partial charge in [-0.3, -0.25) is 0 Å². The molecule has 1 heterocycles. The van der Waals surface area contributed by atoms with E-state index >= 15 is 0 Å². The SMILES string of the molecule is Cc1cccc(NCC2CCCN2)c1.O=C(O)C(=O)O.O=C(O)C(=O)O. The standard InChI is InChI=1S/C12H18N2.2C2H2O4/c1-10-4-2-5-11(8-10)14-9-12-6-3-7-13-12;2*3-1(4)2(5)6/h2,4-5,8,12-14H,3,6-7,9H2,1H3;2*(H,3,4)(H,5,6). The number of carboxylic acids is 4. The molecule has 1 atom stereocenters. The fourth-order valence-electron chi connectivity index (χ4n) is 1.93. The maximum absolute atomic E-state index is 9.10. The van der Waals surface area contributed by atoms with E-state index in [0.29, 0.717) is 6.04 Å². The van der Waals surface area contributed by atoms with Crippen molar-refractivity contribution in [3.63, 3.8) is 0 Å². The topological polar surface area (TPSA) is 173 Å². The number of carboxylic acid groups (broad SMARTS) is 4. The molecule has 0 saturated carbocycles. The Morgan fingerprint density at radius 1 is 1.04 bits per heavy atom. The van der Waals surface area contributed by atoms with Gasteiger partial charge in [-0.25, -0.2) is 19.2 Å². The lowest BCUT2D eigenvalue weighted by Gasteiger charge is -2.12. The van der Waals surface area contributed by atoms with Crippen LogP contribution in [-0.2, 0) is 19.2 Å². The van der Waals surface area contributed by atoms with Gasteiger partial charge in [0, 0.05) is 18.3 Å². The summed E-state index contributed by atoms with van der Waals surface area (Å²) >= 11 is 0. The molecule has 10 nitrogen and oxygen atoms in total. The van der Waals surface area contributed by atoms with Crippen LogP contribution >= 0.6 is 0 Å². The van der Waals surface area contributed by atoms with E-state index in [0.717, 1.165) is 6.54 Å². The van der Waals surface area contributed by atoms with Gasteiger partial charge in [0.2, 0.25) is 0 Å². The molecule has 0 aromatic heterocycles. The largest absolute Gasteiger partial charge is 0.473 e. The molecule has 1 aromatic rings. The predicted molar refractivity (Wildman–Crippen MR) is 91.2 cm³/mol. The average Bonchev–Trinajstić information content (AvgIpc) is 3.07. The van der Waals surface area contributed by atoms with Crippen molar-refractivity contribution in [2.75, 3.05) is 18.4 Å². The first-order valence-electron chi connectivity index (χ1n) is 7.59.